The van der Waals surface area contributed by atoms with Gasteiger partial charge in [-0.2, -0.15) is 5.26 Å². The van der Waals surface area contributed by atoms with E-state index in [1.807, 2.05) is 18.4 Å². The third-order valence-corrected chi connectivity index (χ3v) is 4.78. The lowest BCUT2D eigenvalue weighted by atomic mass is 10.2. The van der Waals surface area contributed by atoms with Crippen LogP contribution in [0.3, 0.4) is 0 Å². The lowest BCUT2D eigenvalue weighted by Crippen LogP contribution is -2.37. The van der Waals surface area contributed by atoms with Crippen LogP contribution in [0.4, 0.5) is 4.39 Å². The van der Waals surface area contributed by atoms with Gasteiger partial charge < -0.3 is 9.73 Å². The van der Waals surface area contributed by atoms with Crippen molar-refractivity contribution >= 4 is 11.3 Å². The van der Waals surface area contributed by atoms with Crippen LogP contribution < -0.4 is 5.32 Å². The number of hydrogen-bond acceptors (Lipinski definition) is 6. The van der Waals surface area contributed by atoms with E-state index in [9.17, 15) is 4.39 Å². The number of alkyl halides is 1. The van der Waals surface area contributed by atoms with Crippen molar-refractivity contribution in [1.29, 1.82) is 5.26 Å². The molecule has 5 nitrogen and oxygen atoms in total. The smallest absolute Gasteiger partial charge is 0.203 e. The molecule has 0 spiro atoms. The van der Waals surface area contributed by atoms with Crippen LogP contribution in [0.5, 0.6) is 0 Å². The topological polar surface area (TPSA) is 65.1 Å². The molecule has 2 atom stereocenters. The van der Waals surface area contributed by atoms with Gasteiger partial charge in [0.2, 0.25) is 5.76 Å². The minimum atomic E-state index is -0.782. The van der Waals surface area contributed by atoms with Crippen molar-refractivity contribution in [3.8, 4) is 6.07 Å². The molecule has 0 radical (unpaired) electrons. The molecule has 0 aromatic carbocycles. The quantitative estimate of drug-likeness (QED) is 0.880. The summed E-state index contributed by atoms with van der Waals surface area (Å²) in [5.41, 5.74) is 1.01. The molecular weight excluding hydrogens is 315 g/mol. The summed E-state index contributed by atoms with van der Waals surface area (Å²) in [6.45, 7) is 4.36. The van der Waals surface area contributed by atoms with E-state index >= 15 is 0 Å². The Labute approximate surface area is 138 Å². The van der Waals surface area contributed by atoms with Crippen molar-refractivity contribution in [2.24, 2.45) is 0 Å². The third-order valence-electron chi connectivity index (χ3n) is 3.96. The zero-order chi connectivity index (χ0) is 16.2. The fourth-order valence-corrected chi connectivity index (χ4v) is 3.52. The van der Waals surface area contributed by atoms with Crippen molar-refractivity contribution in [2.45, 2.75) is 38.6 Å². The SMILES string of the molecule is Cc1nc(CN2C[C@@H](F)C[C@H]2CNCc2ccc(C#N)o2)cs1. The molecule has 122 valence electrons. The Hall–Kier alpha value is -1.75. The molecule has 0 saturated carbocycles. The molecule has 7 heteroatoms. The number of aryl methyl sites for hydroxylation is 1. The highest BCUT2D eigenvalue weighted by atomic mass is 32.1. The van der Waals surface area contributed by atoms with Crippen LogP contribution in [0.15, 0.2) is 21.9 Å². The van der Waals surface area contributed by atoms with Crippen molar-refractivity contribution in [3.05, 3.63) is 39.7 Å². The van der Waals surface area contributed by atoms with Crippen LogP contribution in [-0.2, 0) is 13.1 Å². The van der Waals surface area contributed by atoms with Gasteiger partial charge in [0, 0.05) is 31.1 Å². The monoisotopic (exact) mass is 334 g/mol. The molecule has 0 unspecified atom stereocenters. The van der Waals surface area contributed by atoms with Gasteiger partial charge >= 0.3 is 0 Å². The van der Waals surface area contributed by atoms with E-state index in [2.05, 4.69) is 15.2 Å². The summed E-state index contributed by atoms with van der Waals surface area (Å²) in [5, 5.41) is 15.1. The molecule has 0 aliphatic carbocycles. The van der Waals surface area contributed by atoms with Crippen LogP contribution in [-0.4, -0.2) is 35.2 Å². The Kier molecular flexibility index (Phi) is 5.06. The van der Waals surface area contributed by atoms with E-state index in [0.717, 1.165) is 16.5 Å². The van der Waals surface area contributed by atoms with Crippen molar-refractivity contribution in [2.75, 3.05) is 13.1 Å². The normalized spacial score (nSPS) is 21.6. The third kappa shape index (κ3) is 4.16. The predicted octanol–water partition coefficient (Wildman–Crippen LogP) is 2.62. The number of rotatable bonds is 6. The van der Waals surface area contributed by atoms with Crippen molar-refractivity contribution in [1.82, 2.24) is 15.2 Å². The van der Waals surface area contributed by atoms with Gasteiger partial charge in [0.1, 0.15) is 18.0 Å². The maximum absolute atomic E-state index is 13.8. The molecule has 2 aromatic rings. The summed E-state index contributed by atoms with van der Waals surface area (Å²) in [5.74, 6) is 1.03. The summed E-state index contributed by atoms with van der Waals surface area (Å²) in [7, 11) is 0. The van der Waals surface area contributed by atoms with Crippen LogP contribution in [0.2, 0.25) is 0 Å². The summed E-state index contributed by atoms with van der Waals surface area (Å²) in [6, 6.07) is 5.55. The van der Waals surface area contributed by atoms with Gasteiger partial charge in [-0.15, -0.1) is 11.3 Å². The molecule has 1 aliphatic heterocycles. The van der Waals surface area contributed by atoms with Gasteiger partial charge in [0.05, 0.1) is 17.2 Å². The number of nitriles is 1. The number of aromatic nitrogens is 1. The second-order valence-electron chi connectivity index (χ2n) is 5.78. The molecule has 1 N–H and O–H groups in total. The van der Waals surface area contributed by atoms with Gasteiger partial charge in [-0.05, 0) is 25.5 Å². The van der Waals surface area contributed by atoms with Gasteiger partial charge in [0.15, 0.2) is 0 Å². The highest BCUT2D eigenvalue weighted by Crippen LogP contribution is 2.23. The summed E-state index contributed by atoms with van der Waals surface area (Å²) in [6.07, 6.45) is -0.243. The number of nitrogens with one attached hydrogen (secondary N) is 1. The second kappa shape index (κ2) is 7.21. The predicted molar refractivity (Wildman–Crippen MR) is 85.7 cm³/mol. The van der Waals surface area contributed by atoms with E-state index in [4.69, 9.17) is 9.68 Å². The zero-order valence-corrected chi connectivity index (χ0v) is 13.8. The van der Waals surface area contributed by atoms with Crippen LogP contribution in [0, 0.1) is 18.3 Å². The van der Waals surface area contributed by atoms with Crippen LogP contribution >= 0.6 is 11.3 Å². The van der Waals surface area contributed by atoms with Gasteiger partial charge in [-0.1, -0.05) is 0 Å². The molecule has 0 amide bonds. The van der Waals surface area contributed by atoms with E-state index in [1.54, 1.807) is 23.5 Å². The van der Waals surface area contributed by atoms with Crippen molar-refractivity contribution in [3.63, 3.8) is 0 Å². The highest BCUT2D eigenvalue weighted by molar-refractivity contribution is 7.09. The maximum Gasteiger partial charge on any atom is 0.203 e. The molecule has 1 saturated heterocycles. The molecule has 1 aliphatic rings. The van der Waals surface area contributed by atoms with E-state index in [-0.39, 0.29) is 6.04 Å². The first-order chi connectivity index (χ1) is 11.1. The minimum absolute atomic E-state index is 0.150. The average molecular weight is 334 g/mol. The summed E-state index contributed by atoms with van der Waals surface area (Å²) < 4.78 is 19.1. The largest absolute Gasteiger partial charge is 0.449 e. The fraction of sp³-hybridized carbons (Fsp3) is 0.500. The van der Waals surface area contributed by atoms with Gasteiger partial charge in [-0.25, -0.2) is 9.37 Å². The molecule has 2 aromatic heterocycles. The Bertz CT molecular complexity index is 692. The molecule has 23 heavy (non-hydrogen) atoms. The highest BCUT2D eigenvalue weighted by Gasteiger charge is 2.32. The number of likely N-dealkylation sites (tertiary alicyclic amines) is 1. The number of hydrogen-bond donors (Lipinski definition) is 1. The zero-order valence-electron chi connectivity index (χ0n) is 13.0. The number of nitrogens with zero attached hydrogens (tertiary/aromatic N) is 3. The lowest BCUT2D eigenvalue weighted by Gasteiger charge is -2.23. The summed E-state index contributed by atoms with van der Waals surface area (Å²) >= 11 is 1.62. The van der Waals surface area contributed by atoms with Crippen molar-refractivity contribution < 1.29 is 8.81 Å². The first-order valence-corrected chi connectivity index (χ1v) is 8.50. The molecule has 0 bridgehead atoms. The van der Waals surface area contributed by atoms with Crippen LogP contribution in [0.25, 0.3) is 0 Å². The maximum atomic E-state index is 13.8. The Balaban J connectivity index is 1.51. The van der Waals surface area contributed by atoms with E-state index in [0.29, 0.717) is 38.4 Å². The Morgan fingerprint density at radius 3 is 3.13 bits per heavy atom. The Morgan fingerprint density at radius 2 is 2.43 bits per heavy atom. The minimum Gasteiger partial charge on any atom is -0.449 e. The van der Waals surface area contributed by atoms with E-state index in [1.165, 1.54) is 0 Å². The summed E-state index contributed by atoms with van der Waals surface area (Å²) in [4.78, 5) is 6.61. The van der Waals surface area contributed by atoms with Gasteiger partial charge in [0.25, 0.3) is 0 Å². The molecule has 3 heterocycles. The number of furan rings is 1. The van der Waals surface area contributed by atoms with Gasteiger partial charge in [-0.3, -0.25) is 4.90 Å². The Morgan fingerprint density at radius 1 is 1.57 bits per heavy atom. The second-order valence-corrected chi connectivity index (χ2v) is 6.85. The first kappa shape index (κ1) is 16.1. The fourth-order valence-electron chi connectivity index (χ4n) is 2.91. The first-order valence-electron chi connectivity index (χ1n) is 7.62. The number of halogens is 1. The molecule has 1 fully saturated rings. The lowest BCUT2D eigenvalue weighted by molar-refractivity contribution is 0.227. The number of thiazole rings is 1. The molecule has 3 rings (SSSR count). The van der Waals surface area contributed by atoms with E-state index < -0.39 is 6.17 Å². The van der Waals surface area contributed by atoms with Crippen LogP contribution in [0.1, 0.15) is 28.6 Å². The average Bonchev–Trinajstić information content (AvgIpc) is 3.21. The molecular formula is C16H19FN4OS. The standard InChI is InChI=1S/C16H19FN4OS/c1-11-20-13(10-23-11)9-21-8-12(17)4-14(21)6-19-7-16-3-2-15(5-18)22-16/h2-3,10,12,14,19H,4,6-9H2,1H3/t12-,14-/m0/s1.